The minimum Gasteiger partial charge on any atom is -0.381 e. The molecule has 0 spiro atoms. The topological polar surface area (TPSA) is 77.3 Å². The second kappa shape index (κ2) is 10.3. The first kappa shape index (κ1) is 23.8. The van der Waals surface area contributed by atoms with Crippen LogP contribution in [0.4, 0.5) is 20.4 Å². The van der Waals surface area contributed by atoms with Crippen LogP contribution < -0.4 is 5.32 Å². The molecular weight excluding hydrogens is 454 g/mol. The van der Waals surface area contributed by atoms with Crippen LogP contribution in [0.3, 0.4) is 0 Å². The van der Waals surface area contributed by atoms with Gasteiger partial charge in [-0.05, 0) is 44.4 Å². The van der Waals surface area contributed by atoms with Gasteiger partial charge in [0.15, 0.2) is 5.82 Å². The molecule has 2 saturated heterocycles. The van der Waals surface area contributed by atoms with E-state index in [9.17, 15) is 8.78 Å². The van der Waals surface area contributed by atoms with E-state index in [1.54, 1.807) is 12.3 Å². The minimum atomic E-state index is -0.556. The van der Waals surface area contributed by atoms with E-state index in [2.05, 4.69) is 32.1 Å². The van der Waals surface area contributed by atoms with Crippen LogP contribution >= 0.6 is 0 Å². The van der Waals surface area contributed by atoms with Crippen molar-refractivity contribution in [3.63, 3.8) is 0 Å². The lowest BCUT2D eigenvalue weighted by molar-refractivity contribution is -0.00439. The number of imidazole rings is 1. The highest BCUT2D eigenvalue weighted by atomic mass is 19.1. The molecule has 4 heterocycles. The molecule has 8 nitrogen and oxygen atoms in total. The maximum atomic E-state index is 14.9. The number of morpholine rings is 1. The van der Waals surface area contributed by atoms with Gasteiger partial charge in [0, 0.05) is 38.4 Å². The molecule has 0 saturated carbocycles. The lowest BCUT2D eigenvalue weighted by atomic mass is 10.1. The highest BCUT2D eigenvalue weighted by Crippen LogP contribution is 2.31. The molecule has 0 radical (unpaired) electrons. The zero-order chi connectivity index (χ0) is 24.4. The van der Waals surface area contributed by atoms with Crippen molar-refractivity contribution in [2.75, 3.05) is 38.3 Å². The Morgan fingerprint density at radius 1 is 1.06 bits per heavy atom. The number of halogens is 2. The van der Waals surface area contributed by atoms with E-state index >= 15 is 0 Å². The van der Waals surface area contributed by atoms with Crippen LogP contribution in [0.5, 0.6) is 0 Å². The quantitative estimate of drug-likeness (QED) is 0.561. The average molecular weight is 485 g/mol. The zero-order valence-corrected chi connectivity index (χ0v) is 20.0. The van der Waals surface area contributed by atoms with Gasteiger partial charge in [-0.3, -0.25) is 4.90 Å². The molecule has 2 aliphatic heterocycles. The van der Waals surface area contributed by atoms with Crippen LogP contribution in [0.15, 0.2) is 30.6 Å². The fourth-order valence-corrected chi connectivity index (χ4v) is 4.75. The van der Waals surface area contributed by atoms with Gasteiger partial charge in [-0.2, -0.15) is 0 Å². The number of nitrogens with zero attached hydrogens (tertiary/aromatic N) is 5. The van der Waals surface area contributed by atoms with Crippen LogP contribution in [0.2, 0.25) is 0 Å². The van der Waals surface area contributed by atoms with E-state index in [1.165, 1.54) is 6.07 Å². The van der Waals surface area contributed by atoms with Crippen LogP contribution in [0.1, 0.15) is 37.2 Å². The Balaban J connectivity index is 1.36. The number of aromatic nitrogens is 4. The normalized spacial score (nSPS) is 19.7. The number of hydrogen-bond acceptors (Lipinski definition) is 7. The van der Waals surface area contributed by atoms with E-state index in [0.29, 0.717) is 38.7 Å². The van der Waals surface area contributed by atoms with E-state index < -0.39 is 11.6 Å². The summed E-state index contributed by atoms with van der Waals surface area (Å²) >= 11 is 0. The number of aryl methyl sites for hydroxylation is 1. The number of nitrogens with one attached hydrogen (secondary N) is 1. The van der Waals surface area contributed by atoms with Crippen LogP contribution in [0, 0.1) is 18.6 Å². The van der Waals surface area contributed by atoms with Gasteiger partial charge >= 0.3 is 0 Å². The molecule has 0 amide bonds. The van der Waals surface area contributed by atoms with Gasteiger partial charge in [-0.15, -0.1) is 0 Å². The summed E-state index contributed by atoms with van der Waals surface area (Å²) in [6.45, 7) is 8.13. The lowest BCUT2D eigenvalue weighted by Gasteiger charge is -2.33. The van der Waals surface area contributed by atoms with Gasteiger partial charge in [0.05, 0.1) is 37.0 Å². The molecule has 5 rings (SSSR count). The fourth-order valence-electron chi connectivity index (χ4n) is 4.75. The third kappa shape index (κ3) is 5.19. The van der Waals surface area contributed by atoms with Crippen LogP contribution in [-0.2, 0) is 16.0 Å². The summed E-state index contributed by atoms with van der Waals surface area (Å²) in [5, 5.41) is 2.91. The van der Waals surface area contributed by atoms with Gasteiger partial charge in [0.25, 0.3) is 0 Å². The van der Waals surface area contributed by atoms with E-state index in [0.717, 1.165) is 37.0 Å². The maximum absolute atomic E-state index is 14.9. The van der Waals surface area contributed by atoms with E-state index in [4.69, 9.17) is 9.47 Å². The van der Waals surface area contributed by atoms with Crippen molar-refractivity contribution in [1.29, 1.82) is 0 Å². The summed E-state index contributed by atoms with van der Waals surface area (Å²) < 4.78 is 42.7. The fraction of sp³-hybridized carbons (Fsp3) is 0.480. The van der Waals surface area contributed by atoms with Crippen molar-refractivity contribution >= 4 is 11.6 Å². The molecule has 0 aliphatic carbocycles. The van der Waals surface area contributed by atoms with Gasteiger partial charge in [-0.25, -0.2) is 23.7 Å². The van der Waals surface area contributed by atoms with Gasteiger partial charge in [-0.1, -0.05) is 6.07 Å². The highest BCUT2D eigenvalue weighted by Gasteiger charge is 2.24. The molecule has 10 heteroatoms. The number of anilines is 2. The molecule has 1 aromatic carbocycles. The predicted molar refractivity (Wildman–Crippen MR) is 127 cm³/mol. The SMILES string of the molecule is Cc1ncc(-c2nc(Nc3ccc(CN4CCOC[C@@H]4C)cc3F)ncc2F)n1C1CCOCC1. The molecular formula is C25H30F2N6O2. The predicted octanol–water partition coefficient (Wildman–Crippen LogP) is 4.24. The molecule has 1 N–H and O–H groups in total. The number of ether oxygens (including phenoxy) is 2. The Morgan fingerprint density at radius 3 is 2.66 bits per heavy atom. The molecule has 0 unspecified atom stereocenters. The van der Waals surface area contributed by atoms with Crippen LogP contribution in [0.25, 0.3) is 11.4 Å². The maximum Gasteiger partial charge on any atom is 0.228 e. The van der Waals surface area contributed by atoms with Crippen molar-refractivity contribution in [2.45, 2.75) is 45.3 Å². The molecule has 186 valence electrons. The summed E-state index contributed by atoms with van der Waals surface area (Å²) in [6.07, 6.45) is 4.38. The lowest BCUT2D eigenvalue weighted by Crippen LogP contribution is -2.42. The van der Waals surface area contributed by atoms with Crippen molar-refractivity contribution in [3.8, 4) is 11.4 Å². The molecule has 35 heavy (non-hydrogen) atoms. The second-order valence-corrected chi connectivity index (χ2v) is 9.13. The summed E-state index contributed by atoms with van der Waals surface area (Å²) in [6, 6.07) is 5.50. The second-order valence-electron chi connectivity index (χ2n) is 9.13. The smallest absolute Gasteiger partial charge is 0.228 e. The molecule has 3 aromatic rings. The largest absolute Gasteiger partial charge is 0.381 e. The summed E-state index contributed by atoms with van der Waals surface area (Å²) in [5.41, 5.74) is 1.81. The number of benzene rings is 1. The zero-order valence-electron chi connectivity index (χ0n) is 20.0. The molecule has 2 aliphatic rings. The Kier molecular flexibility index (Phi) is 7.03. The molecule has 2 fully saturated rings. The molecule has 0 bridgehead atoms. The Hall–Kier alpha value is -2.95. The monoisotopic (exact) mass is 484 g/mol. The van der Waals surface area contributed by atoms with Gasteiger partial charge < -0.3 is 19.4 Å². The molecule has 2 aromatic heterocycles. The van der Waals surface area contributed by atoms with Gasteiger partial charge in [0.1, 0.15) is 17.3 Å². The van der Waals surface area contributed by atoms with Crippen molar-refractivity contribution in [2.24, 2.45) is 0 Å². The number of rotatable bonds is 6. The van der Waals surface area contributed by atoms with Crippen molar-refractivity contribution < 1.29 is 18.3 Å². The van der Waals surface area contributed by atoms with Crippen molar-refractivity contribution in [3.05, 3.63) is 53.6 Å². The summed E-state index contributed by atoms with van der Waals surface area (Å²) in [5.74, 6) is -0.0666. The summed E-state index contributed by atoms with van der Waals surface area (Å²) in [7, 11) is 0. The standard InChI is InChI=1S/C25H30F2N6O2/c1-16-15-35-10-7-32(16)14-18-3-4-22(20(26)11-18)30-25-29-12-21(27)24(31-25)23-13-28-17(2)33(23)19-5-8-34-9-6-19/h3-4,11-13,16,19H,5-10,14-15H2,1-2H3,(H,29,30,31)/t16-/m0/s1. The first-order valence-corrected chi connectivity index (χ1v) is 12.0. The van der Waals surface area contributed by atoms with Crippen LogP contribution in [-0.4, -0.2) is 63.4 Å². The van der Waals surface area contributed by atoms with Crippen molar-refractivity contribution in [1.82, 2.24) is 24.4 Å². The average Bonchev–Trinajstić information content (AvgIpc) is 3.25. The first-order valence-electron chi connectivity index (χ1n) is 12.0. The van der Waals surface area contributed by atoms with E-state index in [-0.39, 0.29) is 29.4 Å². The third-order valence-corrected chi connectivity index (χ3v) is 6.70. The Labute approximate surface area is 203 Å². The van der Waals surface area contributed by atoms with E-state index in [1.807, 2.05) is 17.6 Å². The number of hydrogen-bond donors (Lipinski definition) is 1. The highest BCUT2D eigenvalue weighted by molar-refractivity contribution is 5.60. The Morgan fingerprint density at radius 2 is 1.89 bits per heavy atom. The molecule has 1 atom stereocenters. The first-order chi connectivity index (χ1) is 17.0. The van der Waals surface area contributed by atoms with Gasteiger partial charge in [0.2, 0.25) is 5.95 Å². The third-order valence-electron chi connectivity index (χ3n) is 6.70. The minimum absolute atomic E-state index is 0.118. The Bertz CT molecular complexity index is 1180. The summed E-state index contributed by atoms with van der Waals surface area (Å²) in [4.78, 5) is 15.1.